The van der Waals surface area contributed by atoms with Crippen LogP contribution in [0.5, 0.6) is 5.75 Å². The second kappa shape index (κ2) is 8.65. The molecule has 1 aliphatic rings. The topological polar surface area (TPSA) is 30.5 Å². The maximum Gasteiger partial charge on any atom is 0.123 e. The van der Waals surface area contributed by atoms with E-state index in [-0.39, 0.29) is 0 Å². The third-order valence-electron chi connectivity index (χ3n) is 3.74. The molecule has 1 aliphatic carbocycles. The lowest BCUT2D eigenvalue weighted by Crippen LogP contribution is -2.24. The highest BCUT2D eigenvalue weighted by atomic mass is 79.9. The van der Waals surface area contributed by atoms with Gasteiger partial charge in [-0.2, -0.15) is 0 Å². The first kappa shape index (κ1) is 15.8. The molecule has 0 heterocycles. The summed E-state index contributed by atoms with van der Waals surface area (Å²) in [7, 11) is 1.71. The molecule has 0 atom stereocenters. The number of methoxy groups -OCH3 is 1. The zero-order valence-electron chi connectivity index (χ0n) is 12.2. The molecule has 1 aromatic carbocycles. The standard InChI is InChI=1S/C16H24BrNO2/c1-19-16-8-7-14(17)11-13(16)12-18-9-10-20-15-5-3-2-4-6-15/h7-8,11,15,18H,2-6,9-10,12H2,1H3. The van der Waals surface area contributed by atoms with E-state index in [0.717, 1.165) is 29.9 Å². The molecule has 20 heavy (non-hydrogen) atoms. The van der Waals surface area contributed by atoms with Gasteiger partial charge in [-0.15, -0.1) is 0 Å². The molecule has 1 aromatic rings. The maximum atomic E-state index is 5.90. The van der Waals surface area contributed by atoms with Gasteiger partial charge in [0.15, 0.2) is 0 Å². The number of halogens is 1. The Morgan fingerprint density at radius 2 is 2.05 bits per heavy atom. The van der Waals surface area contributed by atoms with Crippen LogP contribution in [0.3, 0.4) is 0 Å². The van der Waals surface area contributed by atoms with E-state index >= 15 is 0 Å². The van der Waals surface area contributed by atoms with E-state index in [2.05, 4.69) is 27.3 Å². The largest absolute Gasteiger partial charge is 0.496 e. The van der Waals surface area contributed by atoms with E-state index in [1.54, 1.807) is 7.11 Å². The summed E-state index contributed by atoms with van der Waals surface area (Å²) in [6, 6.07) is 6.07. The van der Waals surface area contributed by atoms with Crippen molar-refractivity contribution >= 4 is 15.9 Å². The normalized spacial score (nSPS) is 16.3. The van der Waals surface area contributed by atoms with E-state index < -0.39 is 0 Å². The average Bonchev–Trinajstić information content (AvgIpc) is 2.48. The van der Waals surface area contributed by atoms with Crippen LogP contribution in [0.4, 0.5) is 0 Å². The molecule has 0 amide bonds. The molecular weight excluding hydrogens is 318 g/mol. The van der Waals surface area contributed by atoms with Crippen molar-refractivity contribution in [2.45, 2.75) is 44.8 Å². The van der Waals surface area contributed by atoms with Crippen molar-refractivity contribution in [3.8, 4) is 5.75 Å². The van der Waals surface area contributed by atoms with Crippen LogP contribution in [-0.4, -0.2) is 26.4 Å². The van der Waals surface area contributed by atoms with E-state index in [9.17, 15) is 0 Å². The number of hydrogen-bond donors (Lipinski definition) is 1. The van der Waals surface area contributed by atoms with Gasteiger partial charge in [0.2, 0.25) is 0 Å². The Balaban J connectivity index is 1.66. The molecule has 0 spiro atoms. The van der Waals surface area contributed by atoms with Crippen molar-refractivity contribution in [2.24, 2.45) is 0 Å². The fourth-order valence-electron chi connectivity index (χ4n) is 2.64. The second-order valence-corrected chi connectivity index (χ2v) is 6.18. The molecule has 0 unspecified atom stereocenters. The highest BCUT2D eigenvalue weighted by molar-refractivity contribution is 9.10. The molecule has 1 N–H and O–H groups in total. The van der Waals surface area contributed by atoms with Crippen LogP contribution in [0.25, 0.3) is 0 Å². The average molecular weight is 342 g/mol. The smallest absolute Gasteiger partial charge is 0.123 e. The van der Waals surface area contributed by atoms with E-state index in [1.165, 1.54) is 37.7 Å². The molecule has 0 saturated heterocycles. The van der Waals surface area contributed by atoms with Crippen LogP contribution in [0.2, 0.25) is 0 Å². The minimum Gasteiger partial charge on any atom is -0.496 e. The van der Waals surface area contributed by atoms with Gasteiger partial charge in [-0.3, -0.25) is 0 Å². The predicted octanol–water partition coefficient (Wildman–Crippen LogP) is 3.90. The van der Waals surface area contributed by atoms with Crippen LogP contribution in [-0.2, 0) is 11.3 Å². The Morgan fingerprint density at radius 3 is 2.80 bits per heavy atom. The molecular formula is C16H24BrNO2. The number of hydrogen-bond acceptors (Lipinski definition) is 3. The van der Waals surface area contributed by atoms with Crippen molar-refractivity contribution in [1.29, 1.82) is 0 Å². The molecule has 1 fully saturated rings. The van der Waals surface area contributed by atoms with Gasteiger partial charge in [0.25, 0.3) is 0 Å². The minimum atomic E-state index is 0.492. The van der Waals surface area contributed by atoms with Crippen LogP contribution in [0, 0.1) is 0 Å². The van der Waals surface area contributed by atoms with Crippen LogP contribution >= 0.6 is 15.9 Å². The Morgan fingerprint density at radius 1 is 1.25 bits per heavy atom. The fourth-order valence-corrected chi connectivity index (χ4v) is 3.05. The van der Waals surface area contributed by atoms with Crippen molar-refractivity contribution < 1.29 is 9.47 Å². The van der Waals surface area contributed by atoms with Crippen molar-refractivity contribution in [3.05, 3.63) is 28.2 Å². The van der Waals surface area contributed by atoms with Gasteiger partial charge >= 0.3 is 0 Å². The predicted molar refractivity (Wildman–Crippen MR) is 85.2 cm³/mol. The van der Waals surface area contributed by atoms with Gasteiger partial charge in [0, 0.05) is 23.1 Å². The first-order chi connectivity index (χ1) is 9.79. The first-order valence-electron chi connectivity index (χ1n) is 7.44. The first-order valence-corrected chi connectivity index (χ1v) is 8.23. The third kappa shape index (κ3) is 5.08. The molecule has 0 bridgehead atoms. The molecule has 0 aliphatic heterocycles. The number of rotatable bonds is 7. The molecule has 2 rings (SSSR count). The zero-order chi connectivity index (χ0) is 14.2. The minimum absolute atomic E-state index is 0.492. The van der Waals surface area contributed by atoms with Crippen molar-refractivity contribution in [1.82, 2.24) is 5.32 Å². The monoisotopic (exact) mass is 341 g/mol. The summed E-state index contributed by atoms with van der Waals surface area (Å²) in [6.07, 6.45) is 6.99. The number of benzene rings is 1. The zero-order valence-corrected chi connectivity index (χ0v) is 13.7. The number of nitrogens with one attached hydrogen (secondary N) is 1. The molecule has 0 radical (unpaired) electrons. The van der Waals surface area contributed by atoms with Gasteiger partial charge in [0.1, 0.15) is 5.75 Å². The lowest BCUT2D eigenvalue weighted by molar-refractivity contribution is 0.0302. The van der Waals surface area contributed by atoms with Gasteiger partial charge in [-0.05, 0) is 31.0 Å². The van der Waals surface area contributed by atoms with Crippen molar-refractivity contribution in [2.75, 3.05) is 20.3 Å². The van der Waals surface area contributed by atoms with Crippen LogP contribution < -0.4 is 10.1 Å². The molecule has 3 nitrogen and oxygen atoms in total. The van der Waals surface area contributed by atoms with Crippen LogP contribution in [0.1, 0.15) is 37.7 Å². The summed E-state index contributed by atoms with van der Waals surface area (Å²) in [5, 5.41) is 3.42. The van der Waals surface area contributed by atoms with E-state index in [0.29, 0.717) is 6.10 Å². The highest BCUT2D eigenvalue weighted by Gasteiger charge is 2.13. The third-order valence-corrected chi connectivity index (χ3v) is 4.24. The van der Waals surface area contributed by atoms with Crippen molar-refractivity contribution in [3.63, 3.8) is 0 Å². The molecule has 4 heteroatoms. The highest BCUT2D eigenvalue weighted by Crippen LogP contribution is 2.23. The summed E-state index contributed by atoms with van der Waals surface area (Å²) in [5.41, 5.74) is 1.17. The molecule has 112 valence electrons. The van der Waals surface area contributed by atoms with E-state index in [4.69, 9.17) is 9.47 Å². The fraction of sp³-hybridized carbons (Fsp3) is 0.625. The summed E-state index contributed by atoms with van der Waals surface area (Å²) < 4.78 is 12.3. The van der Waals surface area contributed by atoms with E-state index in [1.807, 2.05) is 12.1 Å². The number of ether oxygens (including phenoxy) is 2. The van der Waals surface area contributed by atoms with Gasteiger partial charge < -0.3 is 14.8 Å². The van der Waals surface area contributed by atoms with Gasteiger partial charge in [-0.25, -0.2) is 0 Å². The summed E-state index contributed by atoms with van der Waals surface area (Å²) >= 11 is 3.49. The summed E-state index contributed by atoms with van der Waals surface area (Å²) in [5.74, 6) is 0.925. The summed E-state index contributed by atoms with van der Waals surface area (Å²) in [6.45, 7) is 2.48. The Bertz CT molecular complexity index is 405. The lowest BCUT2D eigenvalue weighted by atomic mass is 9.98. The van der Waals surface area contributed by atoms with Crippen LogP contribution in [0.15, 0.2) is 22.7 Å². The summed E-state index contributed by atoms with van der Waals surface area (Å²) in [4.78, 5) is 0. The lowest BCUT2D eigenvalue weighted by Gasteiger charge is -2.22. The molecule has 1 saturated carbocycles. The maximum absolute atomic E-state index is 5.90. The Kier molecular flexibility index (Phi) is 6.83. The van der Waals surface area contributed by atoms with Gasteiger partial charge in [0.05, 0.1) is 19.8 Å². The SMILES string of the molecule is COc1ccc(Br)cc1CNCCOC1CCCCC1. The second-order valence-electron chi connectivity index (χ2n) is 5.26. The molecule has 0 aromatic heterocycles. The Hall–Kier alpha value is -0.580. The quantitative estimate of drug-likeness (QED) is 0.763. The Labute approximate surface area is 130 Å². The van der Waals surface area contributed by atoms with Gasteiger partial charge in [-0.1, -0.05) is 35.2 Å².